The van der Waals surface area contributed by atoms with E-state index >= 15 is 0 Å². The third-order valence-corrected chi connectivity index (χ3v) is 6.15. The van der Waals surface area contributed by atoms with Crippen LogP contribution in [0.3, 0.4) is 0 Å². The molecule has 4 rings (SSSR count). The van der Waals surface area contributed by atoms with Crippen molar-refractivity contribution in [1.82, 2.24) is 14.7 Å². The molecule has 0 aliphatic carbocycles. The second kappa shape index (κ2) is 13.9. The summed E-state index contributed by atoms with van der Waals surface area (Å²) >= 11 is 0. The SMILES string of the molecule is CCCN1CCn2ncc(=O)c(OCOC(=O)OC)c2C1=O.Pc1cccc(Cc2cccc(P)c2)c1. The smallest absolute Gasteiger partial charge is 0.451 e. The van der Waals surface area contributed by atoms with E-state index in [1.54, 1.807) is 4.90 Å². The van der Waals surface area contributed by atoms with E-state index in [2.05, 4.69) is 81.6 Å². The summed E-state index contributed by atoms with van der Waals surface area (Å²) in [7, 11) is 6.62. The fourth-order valence-corrected chi connectivity index (χ4v) is 4.43. The Morgan fingerprint density at radius 2 is 1.68 bits per heavy atom. The normalized spacial score (nSPS) is 12.2. The summed E-state index contributed by atoms with van der Waals surface area (Å²) in [4.78, 5) is 36.9. The average Bonchev–Trinajstić information content (AvgIpc) is 2.87. The fraction of sp³-hybridized carbons (Fsp3) is 0.308. The van der Waals surface area contributed by atoms with Gasteiger partial charge < -0.3 is 19.1 Å². The number of aromatic nitrogens is 2. The first-order valence-corrected chi connectivity index (χ1v) is 12.9. The standard InChI is InChI=1S/C13H17N3O6.C13H14P2/c1-3-4-15-5-6-16-10(12(15)18)11(9(17)7-14-16)21-8-22-13(19)20-2;14-12-5-1-3-10(8-12)7-11-4-2-6-13(15)9-11/h7H,3-6,8H2,1-2H3;1-6,8-9H,7,14-15H2. The van der Waals surface area contributed by atoms with Crippen molar-refractivity contribution >= 4 is 41.2 Å². The topological polar surface area (TPSA) is 100.0 Å². The number of amides is 1. The van der Waals surface area contributed by atoms with Gasteiger partial charge in [0, 0.05) is 13.1 Å². The molecule has 9 nitrogen and oxygen atoms in total. The van der Waals surface area contributed by atoms with Gasteiger partial charge in [0.25, 0.3) is 5.91 Å². The predicted octanol–water partition coefficient (Wildman–Crippen LogP) is 2.51. The lowest BCUT2D eigenvalue weighted by molar-refractivity contribution is 0.0133. The molecule has 2 unspecified atom stereocenters. The van der Waals surface area contributed by atoms with Crippen molar-refractivity contribution in [3.8, 4) is 5.75 Å². The quantitative estimate of drug-likeness (QED) is 0.257. The third-order valence-electron chi connectivity index (χ3n) is 5.43. The maximum Gasteiger partial charge on any atom is 0.510 e. The van der Waals surface area contributed by atoms with Crippen LogP contribution in [0.15, 0.2) is 59.5 Å². The zero-order valence-corrected chi connectivity index (χ0v) is 23.2. The van der Waals surface area contributed by atoms with Gasteiger partial charge >= 0.3 is 6.16 Å². The van der Waals surface area contributed by atoms with Gasteiger partial charge in [0.1, 0.15) is 0 Å². The highest BCUT2D eigenvalue weighted by atomic mass is 31.0. The van der Waals surface area contributed by atoms with Gasteiger partial charge in [-0.2, -0.15) is 5.10 Å². The molecule has 0 radical (unpaired) electrons. The summed E-state index contributed by atoms with van der Waals surface area (Å²) in [6.45, 7) is 3.00. The van der Waals surface area contributed by atoms with Crippen LogP contribution in [0.4, 0.5) is 4.79 Å². The summed E-state index contributed by atoms with van der Waals surface area (Å²) in [5.74, 6) is -0.504. The Labute approximate surface area is 220 Å². The van der Waals surface area contributed by atoms with E-state index in [0.717, 1.165) is 26.1 Å². The molecule has 0 fully saturated rings. The highest BCUT2D eigenvalue weighted by Crippen LogP contribution is 2.19. The highest BCUT2D eigenvalue weighted by molar-refractivity contribution is 7.27. The van der Waals surface area contributed by atoms with E-state index < -0.39 is 18.4 Å². The summed E-state index contributed by atoms with van der Waals surface area (Å²) in [5, 5.41) is 6.42. The highest BCUT2D eigenvalue weighted by Gasteiger charge is 2.29. The van der Waals surface area contributed by atoms with Crippen molar-refractivity contribution in [2.75, 3.05) is 27.0 Å². The molecule has 196 valence electrons. The van der Waals surface area contributed by atoms with Crippen molar-refractivity contribution in [2.24, 2.45) is 0 Å². The van der Waals surface area contributed by atoms with Gasteiger partial charge in [-0.15, -0.1) is 18.5 Å². The summed E-state index contributed by atoms with van der Waals surface area (Å²) < 4.78 is 15.4. The first-order valence-electron chi connectivity index (χ1n) is 11.7. The van der Waals surface area contributed by atoms with Crippen LogP contribution in [-0.2, 0) is 22.4 Å². The molecule has 0 saturated carbocycles. The van der Waals surface area contributed by atoms with Crippen molar-refractivity contribution in [3.63, 3.8) is 0 Å². The van der Waals surface area contributed by atoms with Crippen LogP contribution in [-0.4, -0.2) is 53.7 Å². The van der Waals surface area contributed by atoms with Gasteiger partial charge in [0.05, 0.1) is 19.9 Å². The van der Waals surface area contributed by atoms with Crippen LogP contribution >= 0.6 is 18.5 Å². The van der Waals surface area contributed by atoms with Gasteiger partial charge in [0.15, 0.2) is 5.69 Å². The predicted molar refractivity (Wildman–Crippen MR) is 148 cm³/mol. The van der Waals surface area contributed by atoms with Gasteiger partial charge in [-0.05, 0) is 34.6 Å². The monoisotopic (exact) mass is 543 g/mol. The van der Waals surface area contributed by atoms with Crippen LogP contribution in [0.5, 0.6) is 5.75 Å². The Hall–Kier alpha value is -3.28. The second-order valence-electron chi connectivity index (χ2n) is 8.23. The molecule has 1 amide bonds. The number of carbonyl (C=O) groups is 2. The number of methoxy groups -OCH3 is 1. The number of benzene rings is 2. The zero-order valence-electron chi connectivity index (χ0n) is 20.9. The molecule has 1 aliphatic rings. The molecule has 0 N–H and O–H groups in total. The number of hydrogen-bond acceptors (Lipinski definition) is 7. The van der Waals surface area contributed by atoms with E-state index in [9.17, 15) is 14.4 Å². The molecule has 37 heavy (non-hydrogen) atoms. The molecule has 2 heterocycles. The minimum atomic E-state index is -0.943. The van der Waals surface area contributed by atoms with E-state index in [-0.39, 0.29) is 17.4 Å². The molecule has 1 aliphatic heterocycles. The Morgan fingerprint density at radius 1 is 1.03 bits per heavy atom. The fourth-order valence-electron chi connectivity index (χ4n) is 3.78. The van der Waals surface area contributed by atoms with Crippen molar-refractivity contribution in [3.05, 3.63) is 81.8 Å². The molecule has 2 atom stereocenters. The Kier molecular flexibility index (Phi) is 10.6. The van der Waals surface area contributed by atoms with Crippen LogP contribution in [0.1, 0.15) is 35.0 Å². The second-order valence-corrected chi connectivity index (χ2v) is 9.56. The van der Waals surface area contributed by atoms with E-state index in [0.29, 0.717) is 19.6 Å². The van der Waals surface area contributed by atoms with Crippen LogP contribution in [0.25, 0.3) is 0 Å². The number of hydrogen-bond donors (Lipinski definition) is 0. The number of ether oxygens (including phenoxy) is 3. The molecule has 3 aromatic rings. The van der Waals surface area contributed by atoms with Gasteiger partial charge in [-0.1, -0.05) is 55.5 Å². The number of fused-ring (bicyclic) bond motifs is 1. The maximum absolute atomic E-state index is 12.4. The molecular weight excluding hydrogens is 512 g/mol. The number of nitrogens with zero attached hydrogens (tertiary/aromatic N) is 3. The first-order chi connectivity index (χ1) is 17.8. The minimum Gasteiger partial charge on any atom is -0.451 e. The van der Waals surface area contributed by atoms with Crippen LogP contribution in [0, 0.1) is 0 Å². The maximum atomic E-state index is 12.4. The summed E-state index contributed by atoms with van der Waals surface area (Å²) in [5.41, 5.74) is 2.24. The van der Waals surface area contributed by atoms with Gasteiger partial charge in [-0.3, -0.25) is 14.3 Å². The van der Waals surface area contributed by atoms with Crippen LogP contribution in [0.2, 0.25) is 0 Å². The van der Waals surface area contributed by atoms with E-state index in [1.165, 1.54) is 26.4 Å². The number of rotatable bonds is 7. The van der Waals surface area contributed by atoms with E-state index in [1.807, 2.05) is 6.92 Å². The summed E-state index contributed by atoms with van der Waals surface area (Å²) in [6.07, 6.45) is 1.93. The van der Waals surface area contributed by atoms with Crippen molar-refractivity contribution in [2.45, 2.75) is 26.3 Å². The Morgan fingerprint density at radius 3 is 2.24 bits per heavy atom. The third kappa shape index (κ3) is 8.11. The molecular formula is C26H31N3O6P2. The molecule has 0 spiro atoms. The lowest BCUT2D eigenvalue weighted by Crippen LogP contribution is -2.43. The Balaban J connectivity index is 0.000000220. The lowest BCUT2D eigenvalue weighted by atomic mass is 10.1. The molecule has 2 aromatic carbocycles. The molecule has 1 aromatic heterocycles. The van der Waals surface area contributed by atoms with Gasteiger partial charge in [-0.25, -0.2) is 4.79 Å². The van der Waals surface area contributed by atoms with Crippen molar-refractivity contribution < 1.29 is 23.8 Å². The van der Waals surface area contributed by atoms with Gasteiger partial charge in [0.2, 0.25) is 18.0 Å². The largest absolute Gasteiger partial charge is 0.510 e. The molecule has 11 heteroatoms. The lowest BCUT2D eigenvalue weighted by Gasteiger charge is -2.29. The molecule has 0 saturated heterocycles. The molecule has 0 bridgehead atoms. The zero-order chi connectivity index (χ0) is 26.8. The van der Waals surface area contributed by atoms with Crippen molar-refractivity contribution in [1.29, 1.82) is 0 Å². The number of carbonyl (C=O) groups excluding carboxylic acids is 2. The first kappa shape index (κ1) is 28.3. The Bertz CT molecular complexity index is 1250. The summed E-state index contributed by atoms with van der Waals surface area (Å²) in [6, 6.07) is 17.2. The average molecular weight is 543 g/mol. The van der Waals surface area contributed by atoms with Crippen LogP contribution < -0.4 is 20.8 Å². The minimum absolute atomic E-state index is 0.0701. The van der Waals surface area contributed by atoms with E-state index in [4.69, 9.17) is 4.74 Å².